The molecule has 0 aromatic carbocycles. The Hall–Kier alpha value is 0. The highest BCUT2D eigenvalue weighted by Gasteiger charge is 2.12. The van der Waals surface area contributed by atoms with Gasteiger partial charge in [-0.2, -0.15) is 0 Å². The molecule has 0 bridgehead atoms. The molecule has 0 amide bonds. The Morgan fingerprint density at radius 1 is 0.733 bits per heavy atom. The first-order valence-electron chi connectivity index (χ1n) is 6.97. The van der Waals surface area contributed by atoms with E-state index >= 15 is 0 Å². The minimum Gasteiger partial charge on any atom is -0.0654 e. The average Bonchev–Trinajstić information content (AvgIpc) is 2.14. The van der Waals surface area contributed by atoms with Crippen LogP contribution in [0, 0.1) is 23.7 Å². The molecule has 0 fully saturated rings. The van der Waals surface area contributed by atoms with Crippen LogP contribution in [0.5, 0.6) is 0 Å². The molecule has 0 aliphatic carbocycles. The van der Waals surface area contributed by atoms with Gasteiger partial charge in [-0.3, -0.25) is 0 Å². The zero-order valence-electron chi connectivity index (χ0n) is 11.8. The van der Waals surface area contributed by atoms with Crippen molar-refractivity contribution in [1.82, 2.24) is 0 Å². The van der Waals surface area contributed by atoms with Crippen molar-refractivity contribution in [3.8, 4) is 0 Å². The van der Waals surface area contributed by atoms with E-state index in [4.69, 9.17) is 0 Å². The molecule has 0 aromatic rings. The lowest BCUT2D eigenvalue weighted by Gasteiger charge is -2.20. The lowest BCUT2D eigenvalue weighted by atomic mass is 9.86. The topological polar surface area (TPSA) is 0 Å². The van der Waals surface area contributed by atoms with Gasteiger partial charge in [0.05, 0.1) is 0 Å². The highest BCUT2D eigenvalue weighted by Crippen LogP contribution is 2.24. The smallest absolute Gasteiger partial charge is 0.0420 e. The first kappa shape index (κ1) is 15.0. The summed E-state index contributed by atoms with van der Waals surface area (Å²) in [6, 6.07) is 0. The normalized spacial score (nSPS) is 17.8. The van der Waals surface area contributed by atoms with Gasteiger partial charge < -0.3 is 0 Å². The van der Waals surface area contributed by atoms with Crippen LogP contribution in [0.1, 0.15) is 73.6 Å². The molecule has 0 heterocycles. The molecule has 0 aromatic heterocycles. The summed E-state index contributed by atoms with van der Waals surface area (Å²) >= 11 is 0. The fourth-order valence-corrected chi connectivity index (χ4v) is 2.30. The summed E-state index contributed by atoms with van der Waals surface area (Å²) in [7, 11) is 0. The van der Waals surface area contributed by atoms with E-state index in [9.17, 15) is 0 Å². The lowest BCUT2D eigenvalue weighted by molar-refractivity contribution is 0.315. The molecule has 0 spiro atoms. The van der Waals surface area contributed by atoms with Crippen molar-refractivity contribution in [3.05, 3.63) is 0 Å². The third-order valence-electron chi connectivity index (χ3n) is 3.84. The molecule has 0 saturated heterocycles. The van der Waals surface area contributed by atoms with Gasteiger partial charge in [-0.15, -0.1) is 0 Å². The van der Waals surface area contributed by atoms with Crippen LogP contribution in [-0.4, -0.2) is 0 Å². The first-order valence-corrected chi connectivity index (χ1v) is 6.97. The molecular formula is C15H32. The van der Waals surface area contributed by atoms with Crippen molar-refractivity contribution in [2.24, 2.45) is 23.7 Å². The van der Waals surface area contributed by atoms with Crippen LogP contribution in [0.15, 0.2) is 0 Å². The van der Waals surface area contributed by atoms with Gasteiger partial charge in [-0.1, -0.05) is 67.2 Å². The first-order chi connectivity index (χ1) is 6.97. The van der Waals surface area contributed by atoms with Crippen LogP contribution in [0.2, 0.25) is 0 Å². The number of hydrogen-bond acceptors (Lipinski definition) is 0. The van der Waals surface area contributed by atoms with E-state index in [0.29, 0.717) is 0 Å². The molecule has 0 saturated carbocycles. The van der Waals surface area contributed by atoms with Crippen molar-refractivity contribution < 1.29 is 0 Å². The molecule has 15 heavy (non-hydrogen) atoms. The van der Waals surface area contributed by atoms with Gasteiger partial charge in [-0.05, 0) is 30.1 Å². The van der Waals surface area contributed by atoms with Gasteiger partial charge in [-0.25, -0.2) is 0 Å². The highest BCUT2D eigenvalue weighted by molar-refractivity contribution is 4.63. The van der Waals surface area contributed by atoms with Gasteiger partial charge in [0.25, 0.3) is 0 Å². The molecule has 3 atom stereocenters. The Morgan fingerprint density at radius 2 is 1.27 bits per heavy atom. The average molecular weight is 212 g/mol. The second kappa shape index (κ2) is 8.19. The molecule has 0 nitrogen and oxygen atoms in total. The maximum Gasteiger partial charge on any atom is -0.0420 e. The molecule has 92 valence electrons. The van der Waals surface area contributed by atoms with Crippen molar-refractivity contribution in [1.29, 1.82) is 0 Å². The van der Waals surface area contributed by atoms with E-state index in [2.05, 4.69) is 41.5 Å². The second-order valence-corrected chi connectivity index (χ2v) is 6.03. The fraction of sp³-hybridized carbons (Fsp3) is 1.00. The Bertz CT molecular complexity index is 137. The number of hydrogen-bond donors (Lipinski definition) is 0. The maximum atomic E-state index is 2.43. The number of rotatable bonds is 8. The van der Waals surface area contributed by atoms with E-state index < -0.39 is 0 Å². The molecule has 0 N–H and O–H groups in total. The largest absolute Gasteiger partial charge is 0.0654 e. The van der Waals surface area contributed by atoms with Crippen molar-refractivity contribution in [3.63, 3.8) is 0 Å². The Balaban J connectivity index is 3.60. The van der Waals surface area contributed by atoms with E-state index in [-0.39, 0.29) is 0 Å². The summed E-state index contributed by atoms with van der Waals surface area (Å²) in [5.74, 6) is 3.60. The quantitative estimate of drug-likeness (QED) is 0.497. The van der Waals surface area contributed by atoms with Crippen LogP contribution in [0.25, 0.3) is 0 Å². The maximum absolute atomic E-state index is 2.43. The predicted octanol–water partition coefficient (Wildman–Crippen LogP) is 5.52. The van der Waals surface area contributed by atoms with Gasteiger partial charge in [0.1, 0.15) is 0 Å². The van der Waals surface area contributed by atoms with Gasteiger partial charge in [0, 0.05) is 0 Å². The SMILES string of the molecule is CCCC(C)CC(C)CCC(C)C(C)C. The predicted molar refractivity (Wildman–Crippen MR) is 71.1 cm³/mol. The van der Waals surface area contributed by atoms with E-state index in [1.165, 1.54) is 32.1 Å². The van der Waals surface area contributed by atoms with Crippen LogP contribution in [-0.2, 0) is 0 Å². The summed E-state index contributed by atoms with van der Waals surface area (Å²) < 4.78 is 0. The third kappa shape index (κ3) is 7.88. The molecule has 0 aliphatic heterocycles. The van der Waals surface area contributed by atoms with Crippen LogP contribution in [0.4, 0.5) is 0 Å². The van der Waals surface area contributed by atoms with Crippen molar-refractivity contribution in [2.75, 3.05) is 0 Å². The standard InChI is InChI=1S/C15H32/c1-7-8-13(4)11-14(5)9-10-15(6)12(2)3/h12-15H,7-11H2,1-6H3. The molecule has 3 unspecified atom stereocenters. The summed E-state index contributed by atoms with van der Waals surface area (Å²) in [5, 5.41) is 0. The van der Waals surface area contributed by atoms with Crippen molar-refractivity contribution in [2.45, 2.75) is 73.6 Å². The fourth-order valence-electron chi connectivity index (χ4n) is 2.30. The van der Waals surface area contributed by atoms with Gasteiger partial charge in [0.2, 0.25) is 0 Å². The Morgan fingerprint density at radius 3 is 1.73 bits per heavy atom. The van der Waals surface area contributed by atoms with E-state index in [0.717, 1.165) is 23.7 Å². The van der Waals surface area contributed by atoms with Crippen LogP contribution < -0.4 is 0 Å². The van der Waals surface area contributed by atoms with E-state index in [1.54, 1.807) is 0 Å². The molecule has 0 heteroatoms. The highest BCUT2D eigenvalue weighted by atomic mass is 14.2. The molecule has 0 aliphatic rings. The minimum absolute atomic E-state index is 0.852. The van der Waals surface area contributed by atoms with Crippen LogP contribution in [0.3, 0.4) is 0 Å². The summed E-state index contributed by atoms with van der Waals surface area (Å²) in [6.45, 7) is 14.2. The zero-order valence-corrected chi connectivity index (χ0v) is 11.8. The second-order valence-electron chi connectivity index (χ2n) is 6.03. The summed E-state index contributed by atoms with van der Waals surface area (Å²) in [5.41, 5.74) is 0. The minimum atomic E-state index is 0.852. The third-order valence-corrected chi connectivity index (χ3v) is 3.84. The van der Waals surface area contributed by atoms with Crippen molar-refractivity contribution >= 4 is 0 Å². The molecular weight excluding hydrogens is 180 g/mol. The molecule has 0 radical (unpaired) electrons. The zero-order chi connectivity index (χ0) is 11.8. The Labute approximate surface area is 97.8 Å². The van der Waals surface area contributed by atoms with Gasteiger partial charge >= 0.3 is 0 Å². The van der Waals surface area contributed by atoms with Crippen LogP contribution >= 0.6 is 0 Å². The summed E-state index contributed by atoms with van der Waals surface area (Å²) in [6.07, 6.45) is 7.02. The monoisotopic (exact) mass is 212 g/mol. The molecule has 0 rings (SSSR count). The Kier molecular flexibility index (Phi) is 8.19. The van der Waals surface area contributed by atoms with E-state index in [1.807, 2.05) is 0 Å². The van der Waals surface area contributed by atoms with Gasteiger partial charge in [0.15, 0.2) is 0 Å². The lowest BCUT2D eigenvalue weighted by Crippen LogP contribution is -2.08. The summed E-state index contributed by atoms with van der Waals surface area (Å²) in [4.78, 5) is 0.